The first kappa shape index (κ1) is 18.1. The van der Waals surface area contributed by atoms with Gasteiger partial charge in [0.05, 0.1) is 0 Å². The highest BCUT2D eigenvalue weighted by atomic mass is 16.5. The summed E-state index contributed by atoms with van der Waals surface area (Å²) in [6.07, 6.45) is 4.14. The minimum atomic E-state index is -0.430. The van der Waals surface area contributed by atoms with Gasteiger partial charge in [-0.15, -0.1) is 0 Å². The van der Waals surface area contributed by atoms with Crippen LogP contribution in [-0.4, -0.2) is 23.7 Å². The Morgan fingerprint density at radius 3 is 2.56 bits per heavy atom. The minimum Gasteiger partial charge on any atom is -0.445 e. The van der Waals surface area contributed by atoms with Gasteiger partial charge in [0.25, 0.3) is 0 Å². The van der Waals surface area contributed by atoms with E-state index in [2.05, 4.69) is 10.5 Å². The molecule has 4 N–H and O–H groups in total. The standard InChI is InChI=1S/C19H21N3O3/c20-18(22-24)17-11-9-15(10-12-17)6-4-5-13-21-19(23)25-14-16-7-2-1-3-8-16/h1-4,6-12,24H,5,13-14H2,(H2,20,22)(H,21,23). The number of rotatable bonds is 7. The van der Waals surface area contributed by atoms with Gasteiger partial charge in [-0.1, -0.05) is 71.9 Å². The van der Waals surface area contributed by atoms with Gasteiger partial charge in [-0.05, 0) is 17.5 Å². The van der Waals surface area contributed by atoms with E-state index in [-0.39, 0.29) is 12.4 Å². The number of nitrogens with two attached hydrogens (primary N) is 1. The van der Waals surface area contributed by atoms with E-state index < -0.39 is 6.09 Å². The highest BCUT2D eigenvalue weighted by molar-refractivity contribution is 5.97. The first-order valence-corrected chi connectivity index (χ1v) is 7.88. The Kier molecular flexibility index (Phi) is 7.06. The molecule has 0 aliphatic carbocycles. The zero-order valence-electron chi connectivity index (χ0n) is 13.8. The number of amidine groups is 1. The summed E-state index contributed by atoms with van der Waals surface area (Å²) in [5.74, 6) is 0.0775. The summed E-state index contributed by atoms with van der Waals surface area (Å²) < 4.78 is 5.12. The molecular formula is C19H21N3O3. The Morgan fingerprint density at radius 2 is 1.88 bits per heavy atom. The highest BCUT2D eigenvalue weighted by Crippen LogP contribution is 2.06. The number of alkyl carbamates (subject to hydrolysis) is 1. The SMILES string of the molecule is NC(=NO)c1ccc(C=CCCNC(=O)OCc2ccccc2)cc1. The van der Waals surface area contributed by atoms with Crippen molar-refractivity contribution in [2.75, 3.05) is 6.54 Å². The summed E-state index contributed by atoms with van der Waals surface area (Å²) in [4.78, 5) is 11.6. The average Bonchev–Trinajstić information content (AvgIpc) is 2.67. The fourth-order valence-corrected chi connectivity index (χ4v) is 2.07. The summed E-state index contributed by atoms with van der Waals surface area (Å²) in [6.45, 7) is 0.751. The number of benzene rings is 2. The summed E-state index contributed by atoms with van der Waals surface area (Å²) in [5.41, 5.74) is 8.10. The van der Waals surface area contributed by atoms with Gasteiger partial charge in [0.1, 0.15) is 6.61 Å². The molecule has 0 heterocycles. The van der Waals surface area contributed by atoms with Crippen LogP contribution in [0.5, 0.6) is 0 Å². The van der Waals surface area contributed by atoms with Crippen molar-refractivity contribution in [1.29, 1.82) is 0 Å². The number of oxime groups is 1. The van der Waals surface area contributed by atoms with E-state index in [0.717, 1.165) is 11.1 Å². The molecule has 25 heavy (non-hydrogen) atoms. The van der Waals surface area contributed by atoms with Gasteiger partial charge < -0.3 is 21.0 Å². The van der Waals surface area contributed by atoms with Crippen LogP contribution in [0.3, 0.4) is 0 Å². The second kappa shape index (κ2) is 9.77. The number of hydrogen-bond acceptors (Lipinski definition) is 4. The third kappa shape index (κ3) is 6.39. The number of ether oxygens (including phenoxy) is 1. The lowest BCUT2D eigenvalue weighted by atomic mass is 10.1. The summed E-state index contributed by atoms with van der Waals surface area (Å²) in [5, 5.41) is 14.3. The van der Waals surface area contributed by atoms with E-state index >= 15 is 0 Å². The quantitative estimate of drug-likeness (QED) is 0.237. The molecular weight excluding hydrogens is 318 g/mol. The molecule has 6 nitrogen and oxygen atoms in total. The number of amides is 1. The topological polar surface area (TPSA) is 96.9 Å². The van der Waals surface area contributed by atoms with Crippen LogP contribution in [0, 0.1) is 0 Å². The van der Waals surface area contributed by atoms with E-state index in [1.807, 2.05) is 54.6 Å². The van der Waals surface area contributed by atoms with Gasteiger partial charge in [0, 0.05) is 12.1 Å². The van der Waals surface area contributed by atoms with Crippen LogP contribution < -0.4 is 11.1 Å². The molecule has 0 aliphatic heterocycles. The van der Waals surface area contributed by atoms with Crippen LogP contribution >= 0.6 is 0 Å². The Labute approximate surface area is 146 Å². The van der Waals surface area contributed by atoms with E-state index in [4.69, 9.17) is 15.7 Å². The van der Waals surface area contributed by atoms with Crippen molar-refractivity contribution in [3.63, 3.8) is 0 Å². The van der Waals surface area contributed by atoms with Crippen LogP contribution in [0.4, 0.5) is 4.79 Å². The Balaban J connectivity index is 1.66. The zero-order valence-corrected chi connectivity index (χ0v) is 13.8. The summed E-state index contributed by atoms with van der Waals surface area (Å²) >= 11 is 0. The van der Waals surface area contributed by atoms with E-state index in [1.54, 1.807) is 12.1 Å². The Morgan fingerprint density at radius 1 is 1.16 bits per heavy atom. The molecule has 0 saturated carbocycles. The molecule has 2 rings (SSSR count). The number of carbonyl (C=O) groups excluding carboxylic acids is 1. The molecule has 0 unspecified atom stereocenters. The van der Waals surface area contributed by atoms with E-state index in [1.165, 1.54) is 0 Å². The number of hydrogen-bond donors (Lipinski definition) is 3. The number of carbonyl (C=O) groups is 1. The maximum Gasteiger partial charge on any atom is 0.407 e. The molecule has 0 spiro atoms. The predicted octanol–water partition coefficient (Wildman–Crippen LogP) is 3.11. The van der Waals surface area contributed by atoms with Crippen molar-refractivity contribution in [3.05, 3.63) is 77.4 Å². The van der Waals surface area contributed by atoms with Gasteiger partial charge in [0.2, 0.25) is 0 Å². The lowest BCUT2D eigenvalue weighted by molar-refractivity contribution is 0.140. The molecule has 1 amide bonds. The molecule has 2 aromatic carbocycles. The lowest BCUT2D eigenvalue weighted by Crippen LogP contribution is -2.24. The zero-order chi connectivity index (χ0) is 17.9. The molecule has 6 heteroatoms. The maximum atomic E-state index is 11.6. The van der Waals surface area contributed by atoms with Gasteiger partial charge in [-0.2, -0.15) is 0 Å². The van der Waals surface area contributed by atoms with E-state index in [9.17, 15) is 4.79 Å². The van der Waals surface area contributed by atoms with Crippen molar-refractivity contribution >= 4 is 18.0 Å². The van der Waals surface area contributed by atoms with Crippen molar-refractivity contribution in [2.45, 2.75) is 13.0 Å². The van der Waals surface area contributed by atoms with Crippen LogP contribution in [-0.2, 0) is 11.3 Å². The van der Waals surface area contributed by atoms with Crippen LogP contribution in [0.2, 0.25) is 0 Å². The van der Waals surface area contributed by atoms with Gasteiger partial charge in [-0.3, -0.25) is 0 Å². The second-order valence-electron chi connectivity index (χ2n) is 5.29. The molecule has 0 aromatic heterocycles. The summed E-state index contributed by atoms with van der Waals surface area (Å²) in [6, 6.07) is 16.8. The number of nitrogens with zero attached hydrogens (tertiary/aromatic N) is 1. The fraction of sp³-hybridized carbons (Fsp3) is 0.158. The van der Waals surface area contributed by atoms with Crippen molar-refractivity contribution < 1.29 is 14.7 Å². The highest BCUT2D eigenvalue weighted by Gasteiger charge is 2.01. The van der Waals surface area contributed by atoms with Gasteiger partial charge in [0.15, 0.2) is 5.84 Å². The molecule has 2 aromatic rings. The largest absolute Gasteiger partial charge is 0.445 e. The van der Waals surface area contributed by atoms with Crippen molar-refractivity contribution in [1.82, 2.24) is 5.32 Å². The lowest BCUT2D eigenvalue weighted by Gasteiger charge is -2.05. The van der Waals surface area contributed by atoms with Crippen LogP contribution in [0.25, 0.3) is 6.08 Å². The first-order valence-electron chi connectivity index (χ1n) is 7.88. The Bertz CT molecular complexity index is 725. The molecule has 0 saturated heterocycles. The summed E-state index contributed by atoms with van der Waals surface area (Å²) in [7, 11) is 0. The Hall–Kier alpha value is -3.28. The van der Waals surface area contributed by atoms with Gasteiger partial charge in [-0.25, -0.2) is 4.79 Å². The van der Waals surface area contributed by atoms with E-state index in [0.29, 0.717) is 18.5 Å². The monoisotopic (exact) mass is 339 g/mol. The smallest absolute Gasteiger partial charge is 0.407 e. The van der Waals surface area contributed by atoms with Crippen molar-refractivity contribution in [2.24, 2.45) is 10.9 Å². The van der Waals surface area contributed by atoms with Crippen LogP contribution in [0.1, 0.15) is 23.1 Å². The maximum absolute atomic E-state index is 11.6. The molecule has 0 fully saturated rings. The van der Waals surface area contributed by atoms with Gasteiger partial charge >= 0.3 is 6.09 Å². The molecule has 130 valence electrons. The molecule has 0 aliphatic rings. The normalized spacial score (nSPS) is 11.4. The third-order valence-electron chi connectivity index (χ3n) is 3.42. The predicted molar refractivity (Wildman–Crippen MR) is 97.2 cm³/mol. The first-order chi connectivity index (χ1) is 12.2. The molecule has 0 atom stereocenters. The molecule has 0 radical (unpaired) electrons. The van der Waals surface area contributed by atoms with Crippen molar-refractivity contribution in [3.8, 4) is 0 Å². The molecule has 0 bridgehead atoms. The van der Waals surface area contributed by atoms with Crippen LogP contribution in [0.15, 0.2) is 65.8 Å². The average molecular weight is 339 g/mol. The fourth-order valence-electron chi connectivity index (χ4n) is 2.07. The minimum absolute atomic E-state index is 0.0775. The number of nitrogens with one attached hydrogen (secondary N) is 1. The second-order valence-corrected chi connectivity index (χ2v) is 5.29. The third-order valence-corrected chi connectivity index (χ3v) is 3.42.